The maximum atomic E-state index is 12.1. The molecule has 8 heteroatoms. The highest BCUT2D eigenvalue weighted by molar-refractivity contribution is 7.89. The Morgan fingerprint density at radius 1 is 1.45 bits per heavy atom. The number of carbonyl (C=O) groups is 1. The highest BCUT2D eigenvalue weighted by atomic mass is 32.2. The van der Waals surface area contributed by atoms with E-state index in [-0.39, 0.29) is 4.90 Å². The number of nitrogens with two attached hydrogens (primary N) is 2. The summed E-state index contributed by atoms with van der Waals surface area (Å²) in [4.78, 5) is 13.3. The normalized spacial score (nSPS) is 19.2. The van der Waals surface area contributed by atoms with E-state index >= 15 is 0 Å². The Hall–Kier alpha value is -1.80. The van der Waals surface area contributed by atoms with Crippen molar-refractivity contribution in [3.05, 3.63) is 18.2 Å². The third-order valence-electron chi connectivity index (χ3n) is 3.43. The molecule has 1 aromatic rings. The van der Waals surface area contributed by atoms with Crippen molar-refractivity contribution in [1.29, 1.82) is 0 Å². The van der Waals surface area contributed by atoms with Gasteiger partial charge in [-0.1, -0.05) is 0 Å². The molecule has 2 rings (SSSR count). The van der Waals surface area contributed by atoms with E-state index in [9.17, 15) is 13.2 Å². The molecule has 1 atom stereocenters. The third kappa shape index (κ3) is 2.56. The second-order valence-electron chi connectivity index (χ2n) is 4.69. The van der Waals surface area contributed by atoms with E-state index in [2.05, 4.69) is 4.72 Å². The topological polar surface area (TPSA) is 119 Å². The average molecular weight is 298 g/mol. The van der Waals surface area contributed by atoms with Crippen LogP contribution in [0.5, 0.6) is 0 Å². The Labute approximate surface area is 118 Å². The van der Waals surface area contributed by atoms with Crippen LogP contribution in [0.15, 0.2) is 23.1 Å². The minimum Gasteiger partial charge on any atom is -0.399 e. The molecule has 0 saturated carbocycles. The standard InChI is InChI=1S/C12H18N4O3S/c1-15-20(18,19)11-7-8(13)4-5-9(11)16-6-2-3-10(16)12(14)17/h4-5,7,10,15H,2-3,6,13H2,1H3,(H2,14,17). The largest absolute Gasteiger partial charge is 0.399 e. The van der Waals surface area contributed by atoms with Crippen LogP contribution in [-0.4, -0.2) is 34.0 Å². The van der Waals surface area contributed by atoms with Gasteiger partial charge in [-0.3, -0.25) is 4.79 Å². The molecule has 20 heavy (non-hydrogen) atoms. The highest BCUT2D eigenvalue weighted by Crippen LogP contribution is 2.32. The smallest absolute Gasteiger partial charge is 0.242 e. The molecule has 1 unspecified atom stereocenters. The minimum atomic E-state index is -3.66. The molecule has 1 saturated heterocycles. The first-order valence-corrected chi connectivity index (χ1v) is 7.74. The molecule has 0 aromatic heterocycles. The van der Waals surface area contributed by atoms with E-state index in [1.54, 1.807) is 17.0 Å². The van der Waals surface area contributed by atoms with Gasteiger partial charge in [0, 0.05) is 12.2 Å². The van der Waals surface area contributed by atoms with Crippen molar-refractivity contribution in [2.75, 3.05) is 24.2 Å². The van der Waals surface area contributed by atoms with Gasteiger partial charge in [-0.25, -0.2) is 13.1 Å². The number of nitrogens with zero attached hydrogens (tertiary/aromatic N) is 1. The number of nitrogen functional groups attached to an aromatic ring is 1. The summed E-state index contributed by atoms with van der Waals surface area (Å²) in [6.07, 6.45) is 1.41. The Morgan fingerprint density at radius 2 is 2.15 bits per heavy atom. The molecule has 110 valence electrons. The van der Waals surface area contributed by atoms with Gasteiger partial charge < -0.3 is 16.4 Å². The number of sulfonamides is 1. The van der Waals surface area contributed by atoms with Gasteiger partial charge in [0.05, 0.1) is 5.69 Å². The molecular formula is C12H18N4O3S. The van der Waals surface area contributed by atoms with Crippen LogP contribution in [-0.2, 0) is 14.8 Å². The number of carbonyl (C=O) groups excluding carboxylic acids is 1. The lowest BCUT2D eigenvalue weighted by molar-refractivity contribution is -0.119. The highest BCUT2D eigenvalue weighted by Gasteiger charge is 2.32. The molecule has 5 N–H and O–H groups in total. The molecular weight excluding hydrogens is 280 g/mol. The number of nitrogens with one attached hydrogen (secondary N) is 1. The van der Waals surface area contributed by atoms with Crippen LogP contribution in [0.25, 0.3) is 0 Å². The lowest BCUT2D eigenvalue weighted by Gasteiger charge is -2.26. The molecule has 0 radical (unpaired) electrons. The van der Waals surface area contributed by atoms with Crippen LogP contribution in [0.1, 0.15) is 12.8 Å². The van der Waals surface area contributed by atoms with Gasteiger partial charge in [0.15, 0.2) is 0 Å². The second kappa shape index (κ2) is 5.29. The quantitative estimate of drug-likeness (QED) is 0.655. The van der Waals surface area contributed by atoms with Crippen LogP contribution in [0, 0.1) is 0 Å². The molecule has 7 nitrogen and oxygen atoms in total. The van der Waals surface area contributed by atoms with E-state index in [1.165, 1.54) is 13.1 Å². The van der Waals surface area contributed by atoms with Crippen molar-refractivity contribution in [1.82, 2.24) is 4.72 Å². The monoisotopic (exact) mass is 298 g/mol. The molecule has 1 fully saturated rings. The molecule has 0 spiro atoms. The first-order chi connectivity index (χ1) is 9.36. The molecule has 0 aliphatic carbocycles. The van der Waals surface area contributed by atoms with E-state index in [0.717, 1.165) is 6.42 Å². The Morgan fingerprint density at radius 3 is 2.75 bits per heavy atom. The van der Waals surface area contributed by atoms with Crippen LogP contribution < -0.4 is 21.1 Å². The van der Waals surface area contributed by atoms with Gasteiger partial charge in [-0.05, 0) is 38.1 Å². The second-order valence-corrected chi connectivity index (χ2v) is 6.54. The number of amides is 1. The molecule has 1 heterocycles. The zero-order chi connectivity index (χ0) is 14.9. The van der Waals surface area contributed by atoms with E-state index in [4.69, 9.17) is 11.5 Å². The average Bonchev–Trinajstić information content (AvgIpc) is 2.88. The minimum absolute atomic E-state index is 0.0631. The van der Waals surface area contributed by atoms with Crippen LogP contribution in [0.2, 0.25) is 0 Å². The van der Waals surface area contributed by atoms with Crippen molar-refractivity contribution in [2.24, 2.45) is 5.73 Å². The zero-order valence-corrected chi connectivity index (χ0v) is 12.0. The Kier molecular flexibility index (Phi) is 3.87. The number of rotatable bonds is 4. The predicted octanol–water partition coefficient (Wildman–Crippen LogP) is -0.369. The fourth-order valence-electron chi connectivity index (χ4n) is 2.44. The summed E-state index contributed by atoms with van der Waals surface area (Å²) in [6.45, 7) is 0.587. The summed E-state index contributed by atoms with van der Waals surface area (Å²) >= 11 is 0. The summed E-state index contributed by atoms with van der Waals surface area (Å²) in [5.74, 6) is -0.452. The molecule has 1 amide bonds. The maximum absolute atomic E-state index is 12.1. The van der Waals surface area contributed by atoms with Gasteiger partial charge in [0.25, 0.3) is 0 Å². The van der Waals surface area contributed by atoms with Gasteiger partial charge >= 0.3 is 0 Å². The fourth-order valence-corrected chi connectivity index (χ4v) is 3.42. The zero-order valence-electron chi connectivity index (χ0n) is 11.2. The number of primary amides is 1. The lowest BCUT2D eigenvalue weighted by Crippen LogP contribution is -2.41. The molecule has 1 aliphatic rings. The van der Waals surface area contributed by atoms with Crippen LogP contribution >= 0.6 is 0 Å². The summed E-state index contributed by atoms with van der Waals surface area (Å²) in [5, 5.41) is 0. The van der Waals surface area contributed by atoms with Crippen molar-refractivity contribution in [3.8, 4) is 0 Å². The van der Waals surface area contributed by atoms with Gasteiger partial charge in [-0.15, -0.1) is 0 Å². The number of hydrogen-bond acceptors (Lipinski definition) is 5. The predicted molar refractivity (Wildman–Crippen MR) is 76.7 cm³/mol. The molecule has 1 aromatic carbocycles. The maximum Gasteiger partial charge on any atom is 0.242 e. The van der Waals surface area contributed by atoms with E-state index in [0.29, 0.717) is 24.3 Å². The van der Waals surface area contributed by atoms with E-state index < -0.39 is 22.0 Å². The van der Waals surface area contributed by atoms with Crippen LogP contribution in [0.3, 0.4) is 0 Å². The SMILES string of the molecule is CNS(=O)(=O)c1cc(N)ccc1N1CCCC1C(N)=O. The van der Waals surface area contributed by atoms with Crippen molar-refractivity contribution < 1.29 is 13.2 Å². The lowest BCUT2D eigenvalue weighted by atomic mass is 10.2. The first kappa shape index (κ1) is 14.6. The van der Waals surface area contributed by atoms with Crippen LogP contribution in [0.4, 0.5) is 11.4 Å². The number of anilines is 2. The van der Waals surface area contributed by atoms with Gasteiger partial charge in [-0.2, -0.15) is 0 Å². The summed E-state index contributed by atoms with van der Waals surface area (Å²) in [5.41, 5.74) is 11.8. The Balaban J connectivity index is 2.55. The first-order valence-electron chi connectivity index (χ1n) is 6.26. The van der Waals surface area contributed by atoms with Gasteiger partial charge in [0.1, 0.15) is 10.9 Å². The third-order valence-corrected chi connectivity index (χ3v) is 4.88. The van der Waals surface area contributed by atoms with E-state index in [1.807, 2.05) is 0 Å². The molecule has 0 bridgehead atoms. The molecule has 1 aliphatic heterocycles. The summed E-state index contributed by atoms with van der Waals surface area (Å²) in [6, 6.07) is 4.13. The Bertz CT molecular complexity index is 630. The number of benzene rings is 1. The van der Waals surface area contributed by atoms with Crippen molar-refractivity contribution >= 4 is 27.3 Å². The number of hydrogen-bond donors (Lipinski definition) is 3. The van der Waals surface area contributed by atoms with Crippen molar-refractivity contribution in [2.45, 2.75) is 23.8 Å². The fraction of sp³-hybridized carbons (Fsp3) is 0.417. The summed E-state index contributed by atoms with van der Waals surface area (Å²) in [7, 11) is -2.33. The van der Waals surface area contributed by atoms with Crippen molar-refractivity contribution in [3.63, 3.8) is 0 Å². The summed E-state index contributed by atoms with van der Waals surface area (Å²) < 4.78 is 26.5. The van der Waals surface area contributed by atoms with Gasteiger partial charge in [0.2, 0.25) is 15.9 Å².